The molecule has 4 heteroatoms. The van der Waals surface area contributed by atoms with Crippen LogP contribution < -0.4 is 10.6 Å². The number of rotatable bonds is 3. The highest BCUT2D eigenvalue weighted by molar-refractivity contribution is 7.98. The lowest BCUT2D eigenvalue weighted by Crippen LogP contribution is -2.41. The molecule has 1 saturated heterocycles. The number of hydrogen-bond donors (Lipinski definition) is 1. The summed E-state index contributed by atoms with van der Waals surface area (Å²) < 4.78 is 0. The zero-order valence-corrected chi connectivity index (χ0v) is 13.5. The van der Waals surface area contributed by atoms with Gasteiger partial charge in [0.05, 0.1) is 0 Å². The second kappa shape index (κ2) is 5.71. The van der Waals surface area contributed by atoms with Gasteiger partial charge in [-0.15, -0.1) is 11.8 Å². The Balaban J connectivity index is 2.41. The highest BCUT2D eigenvalue weighted by Crippen LogP contribution is 2.35. The van der Waals surface area contributed by atoms with Crippen LogP contribution >= 0.6 is 24.0 Å². The molecule has 2 nitrogen and oxygen atoms in total. The molecule has 2 rings (SSSR count). The molecule has 2 N–H and O–H groups in total. The first kappa shape index (κ1) is 14.7. The molecule has 0 aromatic heterocycles. The Kier molecular flexibility index (Phi) is 4.41. The third-order valence-corrected chi connectivity index (χ3v) is 4.70. The number of thioether (sulfide) groups is 1. The van der Waals surface area contributed by atoms with E-state index >= 15 is 0 Å². The first-order chi connectivity index (χ1) is 8.94. The van der Waals surface area contributed by atoms with Crippen LogP contribution in [0.2, 0.25) is 0 Å². The van der Waals surface area contributed by atoms with E-state index in [4.69, 9.17) is 18.0 Å². The van der Waals surface area contributed by atoms with Crippen LogP contribution in [0, 0.1) is 5.41 Å². The normalized spacial score (nSPS) is 18.4. The Morgan fingerprint density at radius 2 is 2.16 bits per heavy atom. The van der Waals surface area contributed by atoms with Crippen LogP contribution in [-0.2, 0) is 0 Å². The van der Waals surface area contributed by atoms with Gasteiger partial charge in [-0.3, -0.25) is 0 Å². The van der Waals surface area contributed by atoms with Crippen molar-refractivity contribution in [3.05, 3.63) is 23.8 Å². The summed E-state index contributed by atoms with van der Waals surface area (Å²) in [7, 11) is 0. The summed E-state index contributed by atoms with van der Waals surface area (Å²) in [5, 5.41) is 0. The number of anilines is 1. The Hall–Kier alpha value is -0.740. The van der Waals surface area contributed by atoms with Crippen molar-refractivity contribution in [1.82, 2.24) is 0 Å². The fourth-order valence-electron chi connectivity index (χ4n) is 2.83. The third-order valence-electron chi connectivity index (χ3n) is 3.71. The minimum absolute atomic E-state index is 0.362. The molecule has 19 heavy (non-hydrogen) atoms. The molecule has 0 spiro atoms. The Morgan fingerprint density at radius 1 is 1.42 bits per heavy atom. The first-order valence-electron chi connectivity index (χ1n) is 6.66. The predicted molar refractivity (Wildman–Crippen MR) is 89.3 cm³/mol. The molecular formula is C15H22N2S2. The molecule has 0 aliphatic carbocycles. The van der Waals surface area contributed by atoms with Crippen LogP contribution in [0.15, 0.2) is 23.1 Å². The minimum Gasteiger partial charge on any atom is -0.389 e. The van der Waals surface area contributed by atoms with Gasteiger partial charge >= 0.3 is 0 Å². The number of nitrogens with two attached hydrogens (primary N) is 1. The molecule has 1 aliphatic rings. The van der Waals surface area contributed by atoms with Crippen molar-refractivity contribution >= 4 is 34.7 Å². The van der Waals surface area contributed by atoms with E-state index in [0.717, 1.165) is 18.7 Å². The second-order valence-corrected chi connectivity index (χ2v) is 7.20. The van der Waals surface area contributed by atoms with Crippen LogP contribution in [-0.4, -0.2) is 24.3 Å². The molecule has 104 valence electrons. The number of nitrogens with zero attached hydrogens (tertiary/aromatic N) is 1. The van der Waals surface area contributed by atoms with E-state index in [9.17, 15) is 0 Å². The van der Waals surface area contributed by atoms with Gasteiger partial charge < -0.3 is 10.6 Å². The summed E-state index contributed by atoms with van der Waals surface area (Å²) in [6.45, 7) is 6.83. The van der Waals surface area contributed by atoms with Crippen LogP contribution in [0.4, 0.5) is 5.69 Å². The van der Waals surface area contributed by atoms with Gasteiger partial charge in [0.2, 0.25) is 0 Å². The van der Waals surface area contributed by atoms with Gasteiger partial charge in [0.25, 0.3) is 0 Å². The van der Waals surface area contributed by atoms with E-state index in [1.807, 2.05) is 0 Å². The standard InChI is InChI=1S/C15H22N2S2/c1-15(2)8-5-9-17(10-15)11-6-4-7-12(19-3)13(11)14(16)18/h4,6-7H,5,8-10H2,1-3H3,(H2,16,18). The quantitative estimate of drug-likeness (QED) is 0.680. The van der Waals surface area contributed by atoms with Crippen LogP contribution in [0.25, 0.3) is 0 Å². The molecule has 1 fully saturated rings. The number of thiocarbonyl (C=S) groups is 1. The first-order valence-corrected chi connectivity index (χ1v) is 8.30. The molecule has 0 atom stereocenters. The fourth-order valence-corrected chi connectivity index (χ4v) is 3.74. The molecular weight excluding hydrogens is 272 g/mol. The third kappa shape index (κ3) is 3.23. The van der Waals surface area contributed by atoms with E-state index in [0.29, 0.717) is 10.4 Å². The molecule has 0 saturated carbocycles. The topological polar surface area (TPSA) is 29.3 Å². The maximum absolute atomic E-state index is 5.96. The highest BCUT2D eigenvalue weighted by Gasteiger charge is 2.28. The Labute approximate surface area is 125 Å². The van der Waals surface area contributed by atoms with Crippen molar-refractivity contribution in [2.75, 3.05) is 24.2 Å². The van der Waals surface area contributed by atoms with Gasteiger partial charge in [-0.25, -0.2) is 0 Å². The molecule has 1 aliphatic heterocycles. The smallest absolute Gasteiger partial charge is 0.107 e. The molecule has 0 bridgehead atoms. The second-order valence-electron chi connectivity index (χ2n) is 5.91. The monoisotopic (exact) mass is 294 g/mol. The van der Waals surface area contributed by atoms with E-state index in [1.165, 1.54) is 23.4 Å². The van der Waals surface area contributed by atoms with Crippen molar-refractivity contribution in [2.45, 2.75) is 31.6 Å². The molecule has 0 unspecified atom stereocenters. The van der Waals surface area contributed by atoms with Gasteiger partial charge in [0, 0.05) is 29.2 Å². The molecule has 1 aromatic carbocycles. The van der Waals surface area contributed by atoms with Gasteiger partial charge in [-0.2, -0.15) is 0 Å². The zero-order chi connectivity index (χ0) is 14.0. The lowest BCUT2D eigenvalue weighted by Gasteiger charge is -2.40. The summed E-state index contributed by atoms with van der Waals surface area (Å²) in [5.41, 5.74) is 8.56. The largest absolute Gasteiger partial charge is 0.389 e. The summed E-state index contributed by atoms with van der Waals surface area (Å²) in [4.78, 5) is 4.12. The van der Waals surface area contributed by atoms with Gasteiger partial charge in [0.15, 0.2) is 0 Å². The van der Waals surface area contributed by atoms with Gasteiger partial charge in [0.1, 0.15) is 4.99 Å². The summed E-state index contributed by atoms with van der Waals surface area (Å²) >= 11 is 6.98. The number of benzene rings is 1. The molecule has 0 amide bonds. The van der Waals surface area contributed by atoms with Crippen molar-refractivity contribution in [1.29, 1.82) is 0 Å². The summed E-state index contributed by atoms with van der Waals surface area (Å²) in [5.74, 6) is 0. The Morgan fingerprint density at radius 3 is 2.74 bits per heavy atom. The van der Waals surface area contributed by atoms with Crippen molar-refractivity contribution < 1.29 is 0 Å². The Bertz CT molecular complexity index is 483. The van der Waals surface area contributed by atoms with Crippen molar-refractivity contribution in [2.24, 2.45) is 11.1 Å². The van der Waals surface area contributed by atoms with Crippen LogP contribution in [0.3, 0.4) is 0 Å². The number of hydrogen-bond acceptors (Lipinski definition) is 3. The van der Waals surface area contributed by atoms with E-state index in [1.54, 1.807) is 11.8 Å². The van der Waals surface area contributed by atoms with Crippen LogP contribution in [0.1, 0.15) is 32.3 Å². The fraction of sp³-hybridized carbons (Fsp3) is 0.533. The average Bonchev–Trinajstić information content (AvgIpc) is 2.36. The lowest BCUT2D eigenvalue weighted by molar-refractivity contribution is 0.293. The van der Waals surface area contributed by atoms with Gasteiger partial charge in [-0.1, -0.05) is 32.1 Å². The highest BCUT2D eigenvalue weighted by atomic mass is 32.2. The summed E-state index contributed by atoms with van der Waals surface area (Å²) in [6.07, 6.45) is 4.59. The van der Waals surface area contributed by atoms with E-state index < -0.39 is 0 Å². The predicted octanol–water partition coefficient (Wildman–Crippen LogP) is 3.67. The molecule has 0 radical (unpaired) electrons. The summed E-state index contributed by atoms with van der Waals surface area (Å²) in [6, 6.07) is 6.35. The van der Waals surface area contributed by atoms with E-state index in [-0.39, 0.29) is 0 Å². The van der Waals surface area contributed by atoms with Crippen LogP contribution in [0.5, 0.6) is 0 Å². The lowest BCUT2D eigenvalue weighted by atomic mass is 9.84. The minimum atomic E-state index is 0.362. The van der Waals surface area contributed by atoms with Crippen molar-refractivity contribution in [3.63, 3.8) is 0 Å². The van der Waals surface area contributed by atoms with E-state index in [2.05, 4.69) is 43.2 Å². The number of piperidine rings is 1. The molecule has 1 heterocycles. The maximum Gasteiger partial charge on any atom is 0.107 e. The van der Waals surface area contributed by atoms with Crippen molar-refractivity contribution in [3.8, 4) is 0 Å². The maximum atomic E-state index is 5.96. The molecule has 1 aromatic rings. The average molecular weight is 294 g/mol. The zero-order valence-electron chi connectivity index (χ0n) is 11.9. The SMILES string of the molecule is CSc1cccc(N2CCCC(C)(C)C2)c1C(N)=S. The van der Waals surface area contributed by atoms with Gasteiger partial charge in [-0.05, 0) is 36.6 Å².